The third-order valence-electron chi connectivity index (χ3n) is 5.08. The Bertz CT molecular complexity index is 1240. The molecule has 2 nitrogen and oxygen atoms in total. The summed E-state index contributed by atoms with van der Waals surface area (Å²) in [6, 6.07) is 33.5. The summed E-state index contributed by atoms with van der Waals surface area (Å²) in [4.78, 5) is 0. The van der Waals surface area contributed by atoms with Crippen LogP contribution in [-0.2, 0) is 0 Å². The van der Waals surface area contributed by atoms with E-state index in [1.807, 2.05) is 18.2 Å². The number of benzene rings is 4. The fourth-order valence-corrected chi connectivity index (χ4v) is 3.78. The molecule has 1 N–H and O–H groups in total. The minimum Gasteiger partial charge on any atom is -0.450 e. The van der Waals surface area contributed by atoms with Gasteiger partial charge in [-0.15, -0.1) is 0 Å². The molecule has 0 aliphatic rings. The Labute approximate surface area is 158 Å². The average Bonchev–Trinajstić information content (AvgIpc) is 3.08. The van der Waals surface area contributed by atoms with Gasteiger partial charge in [0.05, 0.1) is 11.0 Å². The van der Waals surface area contributed by atoms with Crippen LogP contribution in [0.2, 0.25) is 0 Å². The smallest absolute Gasteiger partial charge is 0.326 e. The largest absolute Gasteiger partial charge is 0.450 e. The van der Waals surface area contributed by atoms with Crippen LogP contribution in [0.1, 0.15) is 0 Å². The van der Waals surface area contributed by atoms with E-state index in [0.717, 1.165) is 35.1 Å². The van der Waals surface area contributed by atoms with Gasteiger partial charge < -0.3 is 9.59 Å². The summed E-state index contributed by atoms with van der Waals surface area (Å²) < 4.78 is 2.28. The number of para-hydroxylation sites is 1. The van der Waals surface area contributed by atoms with Gasteiger partial charge in [0.15, 0.2) is 0 Å². The lowest BCUT2D eigenvalue weighted by Crippen LogP contribution is -2.12. The fraction of sp³-hybridized carbons (Fsp3) is 0. The molecule has 3 heteroatoms. The highest BCUT2D eigenvalue weighted by Gasteiger charge is 2.12. The molecule has 0 saturated carbocycles. The second kappa shape index (κ2) is 6.46. The van der Waals surface area contributed by atoms with Gasteiger partial charge in [0.1, 0.15) is 0 Å². The Hall–Kier alpha value is -3.30. The normalized spacial score (nSPS) is 11.1. The summed E-state index contributed by atoms with van der Waals surface area (Å²) in [5, 5.41) is 11.7. The molecule has 5 rings (SSSR count). The van der Waals surface area contributed by atoms with E-state index in [1.54, 1.807) is 0 Å². The molecule has 4 aromatic carbocycles. The Morgan fingerprint density at radius 2 is 1.26 bits per heavy atom. The van der Waals surface area contributed by atoms with Crippen molar-refractivity contribution in [1.29, 1.82) is 0 Å². The van der Waals surface area contributed by atoms with Gasteiger partial charge in [-0.25, -0.2) is 0 Å². The average molecular weight is 346 g/mol. The first-order chi connectivity index (χ1) is 13.3. The lowest BCUT2D eigenvalue weighted by atomic mass is 9.88. The number of hydrogen-bond donors (Lipinski definition) is 1. The SMILES string of the molecule is O[B]c1ccc2c(c1)c1ccccc1n2-c1ccc(-c2ccccc2)cc1. The van der Waals surface area contributed by atoms with E-state index in [-0.39, 0.29) is 0 Å². The maximum Gasteiger partial charge on any atom is 0.326 e. The second-order valence-electron chi connectivity index (χ2n) is 6.67. The molecule has 0 atom stereocenters. The van der Waals surface area contributed by atoms with Crippen LogP contribution in [0.5, 0.6) is 0 Å². The van der Waals surface area contributed by atoms with Crippen molar-refractivity contribution >= 4 is 34.8 Å². The van der Waals surface area contributed by atoms with Crippen LogP contribution in [0, 0.1) is 0 Å². The van der Waals surface area contributed by atoms with E-state index < -0.39 is 0 Å². The predicted octanol–water partition coefficient (Wildman–Crippen LogP) is 4.69. The summed E-state index contributed by atoms with van der Waals surface area (Å²) in [6.45, 7) is 0. The predicted molar refractivity (Wildman–Crippen MR) is 114 cm³/mol. The third kappa shape index (κ3) is 2.64. The van der Waals surface area contributed by atoms with Crippen molar-refractivity contribution in [2.75, 3.05) is 0 Å². The van der Waals surface area contributed by atoms with Gasteiger partial charge in [0.2, 0.25) is 0 Å². The van der Waals surface area contributed by atoms with E-state index in [0.29, 0.717) is 0 Å². The van der Waals surface area contributed by atoms with Crippen molar-refractivity contribution < 1.29 is 5.02 Å². The first kappa shape index (κ1) is 15.9. The minimum absolute atomic E-state index is 0.810. The van der Waals surface area contributed by atoms with E-state index in [1.165, 1.54) is 16.5 Å². The van der Waals surface area contributed by atoms with Gasteiger partial charge in [-0.2, -0.15) is 0 Å². The number of fused-ring (bicyclic) bond motifs is 3. The second-order valence-corrected chi connectivity index (χ2v) is 6.67. The Morgan fingerprint density at radius 3 is 2.04 bits per heavy atom. The van der Waals surface area contributed by atoms with E-state index >= 15 is 0 Å². The summed E-state index contributed by atoms with van der Waals surface area (Å²) in [7, 11) is 1.15. The quantitative estimate of drug-likeness (QED) is 0.471. The fourth-order valence-electron chi connectivity index (χ4n) is 3.78. The van der Waals surface area contributed by atoms with Gasteiger partial charge in [-0.1, -0.05) is 78.3 Å². The van der Waals surface area contributed by atoms with Crippen LogP contribution in [0.3, 0.4) is 0 Å². The molecule has 0 amide bonds. The summed E-state index contributed by atoms with van der Waals surface area (Å²) in [6.07, 6.45) is 0. The molecule has 127 valence electrons. The highest BCUT2D eigenvalue weighted by molar-refractivity contribution is 6.46. The summed E-state index contributed by atoms with van der Waals surface area (Å²) >= 11 is 0. The zero-order valence-corrected chi connectivity index (χ0v) is 14.7. The number of nitrogens with zero attached hydrogens (tertiary/aromatic N) is 1. The monoisotopic (exact) mass is 346 g/mol. The molecular weight excluding hydrogens is 329 g/mol. The Balaban J connectivity index is 1.72. The van der Waals surface area contributed by atoms with Crippen molar-refractivity contribution in [3.8, 4) is 16.8 Å². The molecule has 27 heavy (non-hydrogen) atoms. The van der Waals surface area contributed by atoms with Crippen LogP contribution in [-0.4, -0.2) is 17.1 Å². The molecule has 0 aliphatic heterocycles. The number of aromatic nitrogens is 1. The van der Waals surface area contributed by atoms with Gasteiger partial charge in [-0.05, 0) is 35.4 Å². The maximum atomic E-state index is 9.40. The van der Waals surface area contributed by atoms with Crippen molar-refractivity contribution in [2.24, 2.45) is 0 Å². The van der Waals surface area contributed by atoms with E-state index in [4.69, 9.17) is 0 Å². The van der Waals surface area contributed by atoms with Crippen LogP contribution >= 0.6 is 0 Å². The zero-order chi connectivity index (χ0) is 18.2. The first-order valence-electron chi connectivity index (χ1n) is 9.02. The lowest BCUT2D eigenvalue weighted by molar-refractivity contribution is 0.615. The Kier molecular flexibility index (Phi) is 3.81. The maximum absolute atomic E-state index is 9.40. The van der Waals surface area contributed by atoms with Crippen LogP contribution in [0.25, 0.3) is 38.6 Å². The molecule has 0 saturated heterocycles. The molecule has 0 unspecified atom stereocenters. The number of hydrogen-bond acceptors (Lipinski definition) is 1. The van der Waals surface area contributed by atoms with Crippen LogP contribution in [0.15, 0.2) is 97.1 Å². The van der Waals surface area contributed by atoms with Crippen molar-refractivity contribution in [2.45, 2.75) is 0 Å². The highest BCUT2D eigenvalue weighted by Crippen LogP contribution is 2.32. The topological polar surface area (TPSA) is 25.2 Å². The third-order valence-corrected chi connectivity index (χ3v) is 5.08. The van der Waals surface area contributed by atoms with E-state index in [9.17, 15) is 5.02 Å². The van der Waals surface area contributed by atoms with Gasteiger partial charge >= 0.3 is 7.48 Å². The van der Waals surface area contributed by atoms with Crippen molar-refractivity contribution in [1.82, 2.24) is 4.57 Å². The highest BCUT2D eigenvalue weighted by atomic mass is 16.2. The molecule has 5 aromatic rings. The zero-order valence-electron chi connectivity index (χ0n) is 14.7. The van der Waals surface area contributed by atoms with Gasteiger partial charge in [-0.3, -0.25) is 0 Å². The Morgan fingerprint density at radius 1 is 0.593 bits per heavy atom. The molecule has 0 bridgehead atoms. The minimum atomic E-state index is 0.810. The van der Waals surface area contributed by atoms with Crippen LogP contribution < -0.4 is 5.46 Å². The van der Waals surface area contributed by atoms with Crippen molar-refractivity contribution in [3.63, 3.8) is 0 Å². The molecule has 0 spiro atoms. The molecular formula is C24H17BNO. The summed E-state index contributed by atoms with van der Waals surface area (Å²) in [5.41, 5.74) is 6.66. The molecule has 1 aromatic heterocycles. The van der Waals surface area contributed by atoms with Crippen molar-refractivity contribution in [3.05, 3.63) is 97.1 Å². The molecule has 0 aliphatic carbocycles. The standard InChI is InChI=1S/C24H17BNO/c27-25-19-12-15-24-22(16-19)21-8-4-5-9-23(21)26(24)20-13-10-18(11-14-20)17-6-2-1-3-7-17/h1-16,27H. The van der Waals surface area contributed by atoms with Gasteiger partial charge in [0.25, 0.3) is 0 Å². The van der Waals surface area contributed by atoms with Gasteiger partial charge in [0, 0.05) is 16.5 Å². The van der Waals surface area contributed by atoms with Crippen LogP contribution in [0.4, 0.5) is 0 Å². The molecule has 1 radical (unpaired) electrons. The summed E-state index contributed by atoms with van der Waals surface area (Å²) in [5.74, 6) is 0. The molecule has 0 fully saturated rings. The van der Waals surface area contributed by atoms with E-state index in [2.05, 4.69) is 83.4 Å². The molecule has 1 heterocycles. The first-order valence-corrected chi connectivity index (χ1v) is 9.02. The lowest BCUT2D eigenvalue weighted by Gasteiger charge is -2.09. The number of rotatable bonds is 3.